The molecule has 0 unspecified atom stereocenters. The molecule has 4 nitrogen and oxygen atoms in total. The molecule has 1 rings (SSSR count). The van der Waals surface area contributed by atoms with E-state index in [1.165, 1.54) is 0 Å². The Kier molecular flexibility index (Phi) is 4.64. The van der Waals surface area contributed by atoms with E-state index < -0.39 is 26.6 Å². The van der Waals surface area contributed by atoms with Gasteiger partial charge in [-0.05, 0) is 18.6 Å². The second-order valence-corrected chi connectivity index (χ2v) is 5.26. The van der Waals surface area contributed by atoms with Crippen molar-refractivity contribution in [1.29, 1.82) is 0 Å². The maximum absolute atomic E-state index is 13.4. The van der Waals surface area contributed by atoms with Gasteiger partial charge in [-0.1, -0.05) is 0 Å². The lowest BCUT2D eigenvalue weighted by molar-refractivity contribution is 0.483. The number of sulfonamides is 1. The molecule has 0 bridgehead atoms. The number of hydrogen-bond donors (Lipinski definition) is 2. The van der Waals surface area contributed by atoms with Gasteiger partial charge in [0.15, 0.2) is 11.6 Å². The number of terminal acetylenes is 1. The molecule has 0 aliphatic carbocycles. The van der Waals surface area contributed by atoms with Gasteiger partial charge in [0.25, 0.3) is 0 Å². The fourth-order valence-electron chi connectivity index (χ4n) is 1.25. The smallest absolute Gasteiger partial charge is 0.243 e. The molecule has 0 spiro atoms. The highest BCUT2D eigenvalue weighted by atomic mass is 32.2. The van der Waals surface area contributed by atoms with E-state index in [9.17, 15) is 17.2 Å². The van der Waals surface area contributed by atoms with Crippen molar-refractivity contribution in [1.82, 2.24) is 4.72 Å². The molecule has 0 atom stereocenters. The Balaban J connectivity index is 2.96. The van der Waals surface area contributed by atoms with Crippen LogP contribution in [0.4, 0.5) is 14.5 Å². The van der Waals surface area contributed by atoms with Crippen LogP contribution in [0.5, 0.6) is 0 Å². The van der Waals surface area contributed by atoms with E-state index in [0.29, 0.717) is 18.9 Å². The van der Waals surface area contributed by atoms with E-state index in [1.807, 2.05) is 0 Å². The van der Waals surface area contributed by atoms with Gasteiger partial charge >= 0.3 is 0 Å². The fraction of sp³-hybridized carbons (Fsp3) is 0.273. The largest absolute Gasteiger partial charge is 0.399 e. The minimum absolute atomic E-state index is 0.0440. The van der Waals surface area contributed by atoms with Crippen LogP contribution in [0.1, 0.15) is 12.8 Å². The molecular formula is C11H12F2N2O2S. The van der Waals surface area contributed by atoms with E-state index >= 15 is 0 Å². The number of nitrogens with one attached hydrogen (secondary N) is 1. The molecule has 0 radical (unpaired) electrons. The van der Waals surface area contributed by atoms with Crippen molar-refractivity contribution in [3.63, 3.8) is 0 Å². The molecule has 98 valence electrons. The summed E-state index contributed by atoms with van der Waals surface area (Å²) in [5, 5.41) is 0. The zero-order valence-corrected chi connectivity index (χ0v) is 10.2. The van der Waals surface area contributed by atoms with Gasteiger partial charge in [0.2, 0.25) is 10.0 Å². The Morgan fingerprint density at radius 2 is 2.06 bits per heavy atom. The molecule has 0 heterocycles. The minimum atomic E-state index is -4.13. The molecule has 0 aliphatic rings. The third-order valence-corrected chi connectivity index (χ3v) is 3.56. The van der Waals surface area contributed by atoms with Crippen LogP contribution in [0.2, 0.25) is 0 Å². The average molecular weight is 274 g/mol. The first-order valence-corrected chi connectivity index (χ1v) is 6.54. The lowest BCUT2D eigenvalue weighted by atomic mass is 10.3. The highest BCUT2D eigenvalue weighted by molar-refractivity contribution is 7.89. The summed E-state index contributed by atoms with van der Waals surface area (Å²) in [7, 11) is -4.13. The minimum Gasteiger partial charge on any atom is -0.399 e. The lowest BCUT2D eigenvalue weighted by Crippen LogP contribution is -2.26. The lowest BCUT2D eigenvalue weighted by Gasteiger charge is -2.08. The Hall–Kier alpha value is -1.65. The maximum atomic E-state index is 13.4. The SMILES string of the molecule is C#CCCCNS(=O)(=O)c1cc(N)cc(F)c1F. The van der Waals surface area contributed by atoms with Crippen LogP contribution >= 0.6 is 0 Å². The zero-order valence-electron chi connectivity index (χ0n) is 9.41. The number of nitrogen functional groups attached to an aromatic ring is 1. The molecule has 0 aliphatic heterocycles. The molecule has 7 heteroatoms. The van der Waals surface area contributed by atoms with Crippen LogP contribution in [0.3, 0.4) is 0 Å². The summed E-state index contributed by atoms with van der Waals surface area (Å²) in [6.07, 6.45) is 5.79. The van der Waals surface area contributed by atoms with Crippen LogP contribution < -0.4 is 10.5 Å². The number of hydrogen-bond acceptors (Lipinski definition) is 3. The summed E-state index contributed by atoms with van der Waals surface area (Å²) in [6.45, 7) is 0.0440. The number of anilines is 1. The highest BCUT2D eigenvalue weighted by Crippen LogP contribution is 2.20. The molecule has 0 aromatic heterocycles. The van der Waals surface area contributed by atoms with Crippen LogP contribution in [-0.4, -0.2) is 15.0 Å². The second kappa shape index (κ2) is 5.80. The molecule has 0 amide bonds. The predicted molar refractivity (Wildman–Crippen MR) is 64.0 cm³/mol. The summed E-state index contributed by atoms with van der Waals surface area (Å²) in [6, 6.07) is 1.58. The van der Waals surface area contributed by atoms with E-state index in [1.54, 1.807) is 0 Å². The van der Waals surface area contributed by atoms with Gasteiger partial charge in [-0.15, -0.1) is 12.3 Å². The third-order valence-electron chi connectivity index (χ3n) is 2.10. The zero-order chi connectivity index (χ0) is 13.8. The van der Waals surface area contributed by atoms with Crippen molar-refractivity contribution in [3.8, 4) is 12.3 Å². The summed E-state index contributed by atoms with van der Waals surface area (Å²) < 4.78 is 51.9. The van der Waals surface area contributed by atoms with Gasteiger partial charge < -0.3 is 5.73 Å². The van der Waals surface area contributed by atoms with Crippen molar-refractivity contribution in [3.05, 3.63) is 23.8 Å². The molecule has 0 saturated heterocycles. The Morgan fingerprint density at radius 1 is 1.39 bits per heavy atom. The van der Waals surface area contributed by atoms with Gasteiger partial charge in [-0.25, -0.2) is 21.9 Å². The number of rotatable bonds is 5. The summed E-state index contributed by atoms with van der Waals surface area (Å²) in [5.41, 5.74) is 5.11. The van der Waals surface area contributed by atoms with Crippen molar-refractivity contribution < 1.29 is 17.2 Å². The Bertz CT molecular complexity index is 579. The molecule has 3 N–H and O–H groups in total. The topological polar surface area (TPSA) is 72.2 Å². The second-order valence-electron chi connectivity index (χ2n) is 3.52. The van der Waals surface area contributed by atoms with E-state index in [0.717, 1.165) is 6.07 Å². The first-order chi connectivity index (χ1) is 8.38. The van der Waals surface area contributed by atoms with Crippen LogP contribution in [0.15, 0.2) is 17.0 Å². The first-order valence-electron chi connectivity index (χ1n) is 5.06. The normalized spacial score (nSPS) is 11.2. The number of unbranched alkanes of at least 4 members (excludes halogenated alkanes) is 1. The summed E-state index contributed by atoms with van der Waals surface area (Å²) in [4.78, 5) is -0.805. The Labute approximate surface area is 104 Å². The number of halogens is 2. The highest BCUT2D eigenvalue weighted by Gasteiger charge is 2.22. The van der Waals surface area contributed by atoms with Crippen LogP contribution in [-0.2, 0) is 10.0 Å². The molecule has 0 fully saturated rings. The van der Waals surface area contributed by atoms with Gasteiger partial charge in [0.1, 0.15) is 4.90 Å². The molecular weight excluding hydrogens is 262 g/mol. The first kappa shape index (κ1) is 14.4. The van der Waals surface area contributed by atoms with Crippen molar-refractivity contribution in [2.45, 2.75) is 17.7 Å². The monoisotopic (exact) mass is 274 g/mol. The van der Waals surface area contributed by atoms with Gasteiger partial charge in [0.05, 0.1) is 0 Å². The van der Waals surface area contributed by atoms with E-state index in [2.05, 4.69) is 10.6 Å². The Morgan fingerprint density at radius 3 is 2.67 bits per heavy atom. The summed E-state index contributed by atoms with van der Waals surface area (Å²) >= 11 is 0. The molecule has 1 aromatic rings. The van der Waals surface area contributed by atoms with Crippen molar-refractivity contribution in [2.24, 2.45) is 0 Å². The predicted octanol–water partition coefficient (Wildman–Crippen LogP) is 1.24. The number of nitrogens with two attached hydrogens (primary N) is 1. The van der Waals surface area contributed by atoms with E-state index in [-0.39, 0.29) is 12.2 Å². The van der Waals surface area contributed by atoms with Gasteiger partial charge in [-0.2, -0.15) is 0 Å². The van der Waals surface area contributed by atoms with Gasteiger partial charge in [0, 0.05) is 18.7 Å². The average Bonchev–Trinajstić information content (AvgIpc) is 2.29. The summed E-state index contributed by atoms with van der Waals surface area (Å²) in [5.74, 6) is -0.422. The van der Waals surface area contributed by atoms with Crippen molar-refractivity contribution >= 4 is 15.7 Å². The number of benzene rings is 1. The molecule has 18 heavy (non-hydrogen) atoms. The van der Waals surface area contributed by atoms with Crippen LogP contribution in [0, 0.1) is 24.0 Å². The maximum Gasteiger partial charge on any atom is 0.243 e. The molecule has 1 aromatic carbocycles. The van der Waals surface area contributed by atoms with Gasteiger partial charge in [-0.3, -0.25) is 0 Å². The quantitative estimate of drug-likeness (QED) is 0.482. The van der Waals surface area contributed by atoms with E-state index in [4.69, 9.17) is 12.2 Å². The standard InChI is InChI=1S/C11H12F2N2O2S/c1-2-3-4-5-15-18(16,17)10-7-8(14)6-9(12)11(10)13/h1,6-7,15H,3-5,14H2. The fourth-order valence-corrected chi connectivity index (χ4v) is 2.45. The van der Waals surface area contributed by atoms with Crippen molar-refractivity contribution in [2.75, 3.05) is 12.3 Å². The molecule has 0 saturated carbocycles. The third kappa shape index (κ3) is 3.42. The van der Waals surface area contributed by atoms with Crippen LogP contribution in [0.25, 0.3) is 0 Å².